The molecule has 0 spiro atoms. The fraction of sp³-hybridized carbons (Fsp3) is 0.519. The van der Waals surface area contributed by atoms with E-state index in [0.29, 0.717) is 19.4 Å². The Morgan fingerprint density at radius 2 is 1.52 bits per heavy atom. The average molecular weight is 561 g/mol. The third-order valence-electron chi connectivity index (χ3n) is 6.36. The van der Waals surface area contributed by atoms with Crippen LogP contribution in [0, 0.1) is 5.92 Å². The van der Waals surface area contributed by atoms with Crippen LogP contribution in [0.3, 0.4) is 0 Å². The lowest BCUT2D eigenvalue weighted by Gasteiger charge is -2.26. The predicted octanol–water partition coefficient (Wildman–Crippen LogP) is 0.227. The van der Waals surface area contributed by atoms with Gasteiger partial charge in [-0.2, -0.15) is 0 Å². The molecule has 1 heterocycles. The summed E-state index contributed by atoms with van der Waals surface area (Å²) in [6.45, 7) is 4.05. The fourth-order valence-electron chi connectivity index (χ4n) is 4.29. The minimum Gasteiger partial charge on any atom is -0.481 e. The molecule has 2 aromatic rings. The van der Waals surface area contributed by atoms with Gasteiger partial charge in [0.2, 0.25) is 17.7 Å². The summed E-state index contributed by atoms with van der Waals surface area (Å²) in [4.78, 5) is 65.2. The van der Waals surface area contributed by atoms with Gasteiger partial charge in [0, 0.05) is 23.5 Å². The van der Waals surface area contributed by atoms with Crippen LogP contribution in [0.15, 0.2) is 30.5 Å². The third-order valence-corrected chi connectivity index (χ3v) is 6.36. The molecule has 0 aliphatic carbocycles. The van der Waals surface area contributed by atoms with Crippen LogP contribution < -0.4 is 27.4 Å². The van der Waals surface area contributed by atoms with Gasteiger partial charge in [-0.25, -0.2) is 4.79 Å². The number of carbonyl (C=O) groups is 5. The van der Waals surface area contributed by atoms with Crippen LogP contribution in [-0.4, -0.2) is 75.6 Å². The number of hydrogen-bond donors (Lipinski definition) is 8. The van der Waals surface area contributed by atoms with E-state index in [1.807, 2.05) is 38.1 Å². The van der Waals surface area contributed by atoms with Crippen LogP contribution in [0.25, 0.3) is 10.9 Å². The van der Waals surface area contributed by atoms with Crippen molar-refractivity contribution in [3.05, 3.63) is 36.0 Å². The molecular formula is C27H40N6O7. The maximum atomic E-state index is 13.4. The summed E-state index contributed by atoms with van der Waals surface area (Å²) in [6, 6.07) is 2.57. The number of benzene rings is 1. The Kier molecular flexibility index (Phi) is 12.6. The lowest BCUT2D eigenvalue weighted by Crippen LogP contribution is -2.58. The van der Waals surface area contributed by atoms with E-state index in [1.165, 1.54) is 0 Å². The molecule has 4 unspecified atom stereocenters. The number of unbranched alkanes of at least 4 members (excludes halogenated alkanes) is 1. The van der Waals surface area contributed by atoms with Crippen molar-refractivity contribution in [1.29, 1.82) is 0 Å². The van der Waals surface area contributed by atoms with Crippen molar-refractivity contribution < 1.29 is 34.2 Å². The molecule has 40 heavy (non-hydrogen) atoms. The smallest absolute Gasteiger partial charge is 0.326 e. The van der Waals surface area contributed by atoms with Crippen LogP contribution in [0.2, 0.25) is 0 Å². The number of nitrogens with two attached hydrogens (primary N) is 2. The second kappa shape index (κ2) is 15.6. The number of para-hydroxylation sites is 1. The van der Waals surface area contributed by atoms with Gasteiger partial charge in [-0.3, -0.25) is 19.2 Å². The van der Waals surface area contributed by atoms with E-state index < -0.39 is 60.2 Å². The van der Waals surface area contributed by atoms with Gasteiger partial charge in [-0.15, -0.1) is 0 Å². The highest BCUT2D eigenvalue weighted by molar-refractivity contribution is 5.95. The highest BCUT2D eigenvalue weighted by Crippen LogP contribution is 2.19. The lowest BCUT2D eigenvalue weighted by molar-refractivity contribution is -0.142. The zero-order valence-corrected chi connectivity index (χ0v) is 22.8. The van der Waals surface area contributed by atoms with Crippen molar-refractivity contribution >= 4 is 40.6 Å². The van der Waals surface area contributed by atoms with Crippen LogP contribution in [0.5, 0.6) is 0 Å². The number of fused-ring (bicyclic) bond motifs is 1. The number of carboxylic acids is 2. The van der Waals surface area contributed by atoms with E-state index in [1.54, 1.807) is 6.20 Å². The summed E-state index contributed by atoms with van der Waals surface area (Å²) in [5.74, 6) is -4.71. The molecule has 0 saturated carbocycles. The molecule has 220 valence electrons. The zero-order chi connectivity index (χ0) is 29.8. The number of amides is 3. The number of carboxylic acid groups (broad SMARTS) is 2. The molecule has 0 saturated heterocycles. The minimum atomic E-state index is -1.37. The normalized spacial score (nSPS) is 14.2. The molecule has 13 nitrogen and oxygen atoms in total. The summed E-state index contributed by atoms with van der Waals surface area (Å²) in [7, 11) is 0. The Bertz CT molecular complexity index is 1180. The Hall–Kier alpha value is -3.97. The molecule has 1 aromatic carbocycles. The van der Waals surface area contributed by atoms with Crippen LogP contribution >= 0.6 is 0 Å². The van der Waals surface area contributed by atoms with Gasteiger partial charge in [0.1, 0.15) is 18.1 Å². The SMILES string of the molecule is CC(C)CC(NC(=O)C(N)CC(=O)O)C(=O)NC(Cc1c[nH]c2ccccc12)C(=O)NC(CCCCN)C(=O)O. The number of aliphatic carboxylic acids is 2. The molecule has 13 heteroatoms. The molecule has 10 N–H and O–H groups in total. The maximum Gasteiger partial charge on any atom is 0.326 e. The monoisotopic (exact) mass is 560 g/mol. The molecule has 3 amide bonds. The Morgan fingerprint density at radius 3 is 2.15 bits per heavy atom. The quantitative estimate of drug-likeness (QED) is 0.124. The first-order valence-electron chi connectivity index (χ1n) is 13.3. The lowest BCUT2D eigenvalue weighted by atomic mass is 10.00. The zero-order valence-electron chi connectivity index (χ0n) is 22.8. The predicted molar refractivity (Wildman–Crippen MR) is 148 cm³/mol. The molecule has 1 aromatic heterocycles. The Morgan fingerprint density at radius 1 is 0.900 bits per heavy atom. The van der Waals surface area contributed by atoms with Crippen molar-refractivity contribution in [3.63, 3.8) is 0 Å². The average Bonchev–Trinajstić information content (AvgIpc) is 3.29. The van der Waals surface area contributed by atoms with Gasteiger partial charge in [0.25, 0.3) is 0 Å². The highest BCUT2D eigenvalue weighted by Gasteiger charge is 2.31. The summed E-state index contributed by atoms with van der Waals surface area (Å²) < 4.78 is 0. The second-order valence-corrected chi connectivity index (χ2v) is 10.2. The van der Waals surface area contributed by atoms with E-state index >= 15 is 0 Å². The summed E-state index contributed by atoms with van der Waals surface area (Å²) >= 11 is 0. The van der Waals surface area contributed by atoms with E-state index in [2.05, 4.69) is 20.9 Å². The minimum absolute atomic E-state index is 0.0393. The topological polar surface area (TPSA) is 230 Å². The van der Waals surface area contributed by atoms with Crippen molar-refractivity contribution in [1.82, 2.24) is 20.9 Å². The van der Waals surface area contributed by atoms with Gasteiger partial charge < -0.3 is 42.6 Å². The van der Waals surface area contributed by atoms with Crippen molar-refractivity contribution in [2.45, 2.75) is 76.5 Å². The molecule has 0 fully saturated rings. The standard InChI is InChI=1S/C27H40N6O7/c1-15(2)11-21(32-24(36)18(29)13-23(34)35)25(37)33-22(12-16-14-30-19-8-4-3-7-17(16)19)26(38)31-20(27(39)40)9-5-6-10-28/h3-4,7-8,14-15,18,20-22,30H,5-6,9-13,28-29H2,1-2H3,(H,31,38)(H,32,36)(H,33,37)(H,34,35)(H,39,40). The molecule has 0 aliphatic rings. The number of hydrogen-bond acceptors (Lipinski definition) is 7. The summed E-state index contributed by atoms with van der Waals surface area (Å²) in [6.07, 6.45) is 2.58. The number of carbonyl (C=O) groups excluding carboxylic acids is 3. The van der Waals surface area contributed by atoms with Gasteiger partial charge in [-0.05, 0) is 49.8 Å². The first-order valence-corrected chi connectivity index (χ1v) is 13.3. The van der Waals surface area contributed by atoms with Crippen LogP contribution in [0.4, 0.5) is 0 Å². The van der Waals surface area contributed by atoms with Crippen molar-refractivity contribution in [2.24, 2.45) is 17.4 Å². The Balaban J connectivity index is 2.30. The molecule has 0 aliphatic heterocycles. The molecule has 0 radical (unpaired) electrons. The molecule has 2 rings (SSSR count). The first kappa shape index (κ1) is 32.2. The first-order chi connectivity index (χ1) is 18.9. The summed E-state index contributed by atoms with van der Waals surface area (Å²) in [5, 5.41) is 27.1. The van der Waals surface area contributed by atoms with Gasteiger partial charge in [-0.1, -0.05) is 32.0 Å². The number of aromatic amines is 1. The van der Waals surface area contributed by atoms with E-state index in [0.717, 1.165) is 16.5 Å². The molecular weight excluding hydrogens is 520 g/mol. The third kappa shape index (κ3) is 9.97. The fourth-order valence-corrected chi connectivity index (χ4v) is 4.29. The second-order valence-electron chi connectivity index (χ2n) is 10.2. The van der Waals surface area contributed by atoms with Gasteiger partial charge in [0.15, 0.2) is 0 Å². The molecule has 4 atom stereocenters. The van der Waals surface area contributed by atoms with E-state index in [9.17, 15) is 29.1 Å². The van der Waals surface area contributed by atoms with Crippen LogP contribution in [-0.2, 0) is 30.4 Å². The van der Waals surface area contributed by atoms with Crippen molar-refractivity contribution in [2.75, 3.05) is 6.54 Å². The number of nitrogens with one attached hydrogen (secondary N) is 4. The maximum absolute atomic E-state index is 13.4. The molecule has 0 bridgehead atoms. The summed E-state index contributed by atoms with van der Waals surface area (Å²) in [5.41, 5.74) is 12.7. The number of aromatic nitrogens is 1. The Labute approximate surface area is 232 Å². The number of rotatable bonds is 17. The van der Waals surface area contributed by atoms with Crippen molar-refractivity contribution in [3.8, 4) is 0 Å². The van der Waals surface area contributed by atoms with Gasteiger partial charge >= 0.3 is 11.9 Å². The largest absolute Gasteiger partial charge is 0.481 e. The van der Waals surface area contributed by atoms with E-state index in [-0.39, 0.29) is 25.2 Å². The van der Waals surface area contributed by atoms with E-state index in [4.69, 9.17) is 16.6 Å². The highest BCUT2D eigenvalue weighted by atomic mass is 16.4. The van der Waals surface area contributed by atoms with Gasteiger partial charge in [0.05, 0.1) is 12.5 Å². The van der Waals surface area contributed by atoms with Crippen LogP contribution in [0.1, 0.15) is 51.5 Å². The number of H-pyrrole nitrogens is 1.